The third kappa shape index (κ3) is 2.49. The number of benzene rings is 2. The molecule has 2 aromatic rings. The molecule has 3 rings (SSSR count). The number of hydrogen-bond acceptors (Lipinski definition) is 3. The van der Waals surface area contributed by atoms with Crippen molar-refractivity contribution in [3.8, 4) is 0 Å². The molecule has 120 valence electrons. The van der Waals surface area contributed by atoms with E-state index in [0.29, 0.717) is 6.54 Å². The van der Waals surface area contributed by atoms with Gasteiger partial charge >= 0.3 is 0 Å². The van der Waals surface area contributed by atoms with Crippen molar-refractivity contribution >= 4 is 23.0 Å². The van der Waals surface area contributed by atoms with Gasteiger partial charge in [0, 0.05) is 13.6 Å². The second kappa shape index (κ2) is 6.05. The van der Waals surface area contributed by atoms with Crippen LogP contribution in [-0.2, 0) is 0 Å². The van der Waals surface area contributed by atoms with Crippen molar-refractivity contribution in [3.05, 3.63) is 53.1 Å². The van der Waals surface area contributed by atoms with Crippen LogP contribution in [0.2, 0.25) is 0 Å². The number of nitrogens with two attached hydrogens (primary N) is 1. The highest BCUT2D eigenvalue weighted by Crippen LogP contribution is 2.43. The van der Waals surface area contributed by atoms with E-state index in [1.807, 2.05) is 37.4 Å². The number of aryl methyl sites for hydroxylation is 1. The molecule has 23 heavy (non-hydrogen) atoms. The Labute approximate surface area is 137 Å². The largest absolute Gasteiger partial charge is 0.339 e. The summed E-state index contributed by atoms with van der Waals surface area (Å²) in [5, 5.41) is 0. The zero-order valence-electron chi connectivity index (χ0n) is 14.0. The lowest BCUT2D eigenvalue weighted by Crippen LogP contribution is -2.25. The number of nitrogens with zero attached hydrogens (tertiary/aromatic N) is 2. The lowest BCUT2D eigenvalue weighted by Gasteiger charge is -2.29. The number of carbonyl (C=O) groups excluding carboxylic acids is 1. The molecule has 2 aromatic carbocycles. The Morgan fingerprint density at radius 2 is 1.78 bits per heavy atom. The van der Waals surface area contributed by atoms with Crippen molar-refractivity contribution in [1.29, 1.82) is 0 Å². The summed E-state index contributed by atoms with van der Waals surface area (Å²) < 4.78 is 0. The molecule has 0 unspecified atom stereocenters. The van der Waals surface area contributed by atoms with Gasteiger partial charge in [0.15, 0.2) is 0 Å². The first-order valence-electron chi connectivity index (χ1n) is 8.01. The van der Waals surface area contributed by atoms with E-state index in [2.05, 4.69) is 24.8 Å². The molecule has 4 nitrogen and oxygen atoms in total. The van der Waals surface area contributed by atoms with E-state index in [0.717, 1.165) is 35.6 Å². The molecular formula is C19H23N3O. The van der Waals surface area contributed by atoms with Crippen LogP contribution < -0.4 is 15.5 Å². The predicted molar refractivity (Wildman–Crippen MR) is 95.8 cm³/mol. The van der Waals surface area contributed by atoms with Crippen molar-refractivity contribution in [2.24, 2.45) is 5.73 Å². The molecule has 1 heterocycles. The van der Waals surface area contributed by atoms with Crippen molar-refractivity contribution < 1.29 is 4.79 Å². The van der Waals surface area contributed by atoms with E-state index in [1.54, 1.807) is 4.90 Å². The number of para-hydroxylation sites is 1. The highest BCUT2D eigenvalue weighted by molar-refractivity contribution is 6.14. The smallest absolute Gasteiger partial charge is 0.260 e. The normalized spacial score (nSPS) is 13.7. The van der Waals surface area contributed by atoms with E-state index < -0.39 is 0 Å². The molecule has 1 aliphatic heterocycles. The Morgan fingerprint density at radius 1 is 1.04 bits per heavy atom. The van der Waals surface area contributed by atoms with Crippen molar-refractivity contribution in [1.82, 2.24) is 0 Å². The Hall–Kier alpha value is -2.33. The summed E-state index contributed by atoms with van der Waals surface area (Å²) in [4.78, 5) is 16.9. The van der Waals surface area contributed by atoms with Crippen LogP contribution >= 0.6 is 0 Å². The minimum Gasteiger partial charge on any atom is -0.339 e. The molecule has 0 bridgehead atoms. The van der Waals surface area contributed by atoms with Crippen LogP contribution in [0, 0.1) is 13.8 Å². The van der Waals surface area contributed by atoms with Crippen molar-refractivity contribution in [2.45, 2.75) is 20.3 Å². The fourth-order valence-corrected chi connectivity index (χ4v) is 3.18. The average Bonchev–Trinajstić information content (AvgIpc) is 2.65. The fourth-order valence-electron chi connectivity index (χ4n) is 3.18. The first-order chi connectivity index (χ1) is 11.1. The van der Waals surface area contributed by atoms with Crippen LogP contribution in [0.4, 0.5) is 17.1 Å². The molecule has 0 aromatic heterocycles. The van der Waals surface area contributed by atoms with Crippen LogP contribution in [0.1, 0.15) is 27.9 Å². The van der Waals surface area contributed by atoms with Gasteiger partial charge in [-0.25, -0.2) is 0 Å². The zero-order chi connectivity index (χ0) is 16.6. The molecular weight excluding hydrogens is 286 g/mol. The highest BCUT2D eigenvalue weighted by Gasteiger charge is 2.29. The molecule has 4 heteroatoms. The van der Waals surface area contributed by atoms with Gasteiger partial charge in [-0.3, -0.25) is 4.79 Å². The molecule has 0 aliphatic carbocycles. The molecule has 0 saturated heterocycles. The molecule has 0 saturated carbocycles. The summed E-state index contributed by atoms with van der Waals surface area (Å²) in [7, 11) is 1.85. The first-order valence-corrected chi connectivity index (χ1v) is 8.01. The van der Waals surface area contributed by atoms with Gasteiger partial charge < -0.3 is 15.5 Å². The molecule has 0 atom stereocenters. The van der Waals surface area contributed by atoms with Crippen LogP contribution in [0.5, 0.6) is 0 Å². The SMILES string of the molecule is Cc1ccc2c(c1C)N(CCCN)c1ccccc1C(=O)N2C. The summed E-state index contributed by atoms with van der Waals surface area (Å²) in [6.45, 7) is 5.65. The maximum absolute atomic E-state index is 12.9. The number of carbonyl (C=O) groups is 1. The van der Waals surface area contributed by atoms with Gasteiger partial charge in [-0.05, 0) is 56.1 Å². The maximum Gasteiger partial charge on any atom is 0.260 e. The predicted octanol–water partition coefficient (Wildman–Crippen LogP) is 3.38. The Balaban J connectivity index is 2.30. The van der Waals surface area contributed by atoms with Gasteiger partial charge in [0.2, 0.25) is 0 Å². The summed E-state index contributed by atoms with van der Waals surface area (Å²) in [5.74, 6) is 0.0281. The van der Waals surface area contributed by atoms with E-state index in [4.69, 9.17) is 5.73 Å². The number of anilines is 3. The minimum atomic E-state index is 0.0281. The van der Waals surface area contributed by atoms with Gasteiger partial charge in [0.05, 0.1) is 22.6 Å². The maximum atomic E-state index is 12.9. The first kappa shape index (κ1) is 15.6. The Kier molecular flexibility index (Phi) is 4.09. The molecule has 1 aliphatic rings. The molecule has 0 radical (unpaired) electrons. The summed E-state index contributed by atoms with van der Waals surface area (Å²) >= 11 is 0. The standard InChI is InChI=1S/C19H23N3O/c1-13-9-10-17-18(14(13)2)22(12-6-11-20)16-8-5-4-7-15(16)19(23)21(17)3/h4-5,7-10H,6,11-12,20H2,1-3H3. The summed E-state index contributed by atoms with van der Waals surface area (Å²) in [5.41, 5.74) is 11.9. The van der Waals surface area contributed by atoms with E-state index >= 15 is 0 Å². The second-order valence-electron chi connectivity index (χ2n) is 6.05. The zero-order valence-corrected chi connectivity index (χ0v) is 14.0. The van der Waals surface area contributed by atoms with E-state index in [1.165, 1.54) is 11.1 Å². The van der Waals surface area contributed by atoms with Gasteiger partial charge in [-0.15, -0.1) is 0 Å². The van der Waals surface area contributed by atoms with Gasteiger partial charge in [0.1, 0.15) is 0 Å². The summed E-state index contributed by atoms with van der Waals surface area (Å²) in [6, 6.07) is 11.9. The quantitative estimate of drug-likeness (QED) is 0.945. The monoisotopic (exact) mass is 309 g/mol. The third-order valence-corrected chi connectivity index (χ3v) is 4.63. The number of amides is 1. The van der Waals surface area contributed by atoms with Crippen LogP contribution in [0.3, 0.4) is 0 Å². The van der Waals surface area contributed by atoms with Crippen LogP contribution in [0.25, 0.3) is 0 Å². The third-order valence-electron chi connectivity index (χ3n) is 4.63. The van der Waals surface area contributed by atoms with Crippen LogP contribution in [0.15, 0.2) is 36.4 Å². The molecule has 2 N–H and O–H groups in total. The van der Waals surface area contributed by atoms with E-state index in [-0.39, 0.29) is 5.91 Å². The van der Waals surface area contributed by atoms with Crippen molar-refractivity contribution in [3.63, 3.8) is 0 Å². The number of fused-ring (bicyclic) bond motifs is 2. The second-order valence-corrected chi connectivity index (χ2v) is 6.05. The summed E-state index contributed by atoms with van der Waals surface area (Å²) in [6.07, 6.45) is 0.874. The minimum absolute atomic E-state index is 0.0281. The highest BCUT2D eigenvalue weighted by atomic mass is 16.2. The topological polar surface area (TPSA) is 49.6 Å². The van der Waals surface area contributed by atoms with Crippen LogP contribution in [-0.4, -0.2) is 26.0 Å². The molecule has 0 fully saturated rings. The average molecular weight is 309 g/mol. The number of rotatable bonds is 3. The molecule has 0 spiro atoms. The number of hydrogen-bond donors (Lipinski definition) is 1. The lowest BCUT2D eigenvalue weighted by molar-refractivity contribution is 0.0994. The van der Waals surface area contributed by atoms with E-state index in [9.17, 15) is 4.79 Å². The lowest BCUT2D eigenvalue weighted by atomic mass is 10.0. The van der Waals surface area contributed by atoms with Crippen molar-refractivity contribution in [2.75, 3.05) is 29.9 Å². The Morgan fingerprint density at radius 3 is 2.52 bits per heavy atom. The van der Waals surface area contributed by atoms with Gasteiger partial charge in [0.25, 0.3) is 5.91 Å². The Bertz CT molecular complexity index is 754. The van der Waals surface area contributed by atoms with Gasteiger partial charge in [-0.1, -0.05) is 18.2 Å². The van der Waals surface area contributed by atoms with Gasteiger partial charge in [-0.2, -0.15) is 0 Å². The molecule has 1 amide bonds. The fraction of sp³-hybridized carbons (Fsp3) is 0.316.